The summed E-state index contributed by atoms with van der Waals surface area (Å²) in [6.07, 6.45) is 4.63. The van der Waals surface area contributed by atoms with Crippen LogP contribution in [-0.4, -0.2) is 34.5 Å². The highest BCUT2D eigenvalue weighted by Gasteiger charge is 2.17. The van der Waals surface area contributed by atoms with Gasteiger partial charge in [-0.3, -0.25) is 9.59 Å². The smallest absolute Gasteiger partial charge is 0.305 e. The Balaban J connectivity index is 2.21. The van der Waals surface area contributed by atoms with Crippen molar-refractivity contribution < 1.29 is 14.7 Å². The molecule has 0 radical (unpaired) electrons. The number of nitrogens with zero attached hydrogens (tertiary/aromatic N) is 1. The molecule has 21 heavy (non-hydrogen) atoms. The van der Waals surface area contributed by atoms with Crippen molar-refractivity contribution in [1.29, 1.82) is 0 Å². The van der Waals surface area contributed by atoms with Gasteiger partial charge in [-0.1, -0.05) is 12.5 Å². The summed E-state index contributed by atoms with van der Waals surface area (Å²) in [5.41, 5.74) is 0. The lowest BCUT2D eigenvalue weighted by Gasteiger charge is -2.26. The van der Waals surface area contributed by atoms with Crippen molar-refractivity contribution in [2.45, 2.75) is 58.4 Å². The summed E-state index contributed by atoms with van der Waals surface area (Å²) in [5.74, 6) is -0.785. The van der Waals surface area contributed by atoms with Gasteiger partial charge in [-0.05, 0) is 44.6 Å². The highest BCUT2D eigenvalue weighted by Crippen LogP contribution is 2.14. The second-order valence-corrected chi connectivity index (χ2v) is 6.50. The van der Waals surface area contributed by atoms with E-state index in [1.165, 1.54) is 4.88 Å². The molecule has 0 spiro atoms. The van der Waals surface area contributed by atoms with E-state index in [-0.39, 0.29) is 18.4 Å². The molecule has 0 saturated heterocycles. The molecule has 1 heterocycles. The summed E-state index contributed by atoms with van der Waals surface area (Å²) < 4.78 is 0. The van der Waals surface area contributed by atoms with Gasteiger partial charge in [-0.2, -0.15) is 0 Å². The van der Waals surface area contributed by atoms with E-state index in [1.54, 1.807) is 16.2 Å². The maximum atomic E-state index is 12.1. The van der Waals surface area contributed by atoms with Gasteiger partial charge in [0.1, 0.15) is 0 Å². The van der Waals surface area contributed by atoms with E-state index in [4.69, 9.17) is 5.11 Å². The van der Waals surface area contributed by atoms with E-state index in [1.807, 2.05) is 13.8 Å². The molecule has 0 fully saturated rings. The molecule has 0 aliphatic heterocycles. The molecule has 5 heteroatoms. The topological polar surface area (TPSA) is 57.6 Å². The minimum atomic E-state index is -0.857. The predicted molar refractivity (Wildman–Crippen MR) is 85.6 cm³/mol. The van der Waals surface area contributed by atoms with Crippen LogP contribution < -0.4 is 0 Å². The quantitative estimate of drug-likeness (QED) is 0.672. The molecule has 0 aliphatic rings. The van der Waals surface area contributed by atoms with Crippen LogP contribution in [0.4, 0.5) is 0 Å². The maximum absolute atomic E-state index is 12.1. The summed E-state index contributed by atoms with van der Waals surface area (Å²) in [7, 11) is 0. The lowest BCUT2D eigenvalue weighted by molar-refractivity contribution is -0.139. The Morgan fingerprint density at radius 1 is 1.24 bits per heavy atom. The first-order valence-electron chi connectivity index (χ1n) is 7.54. The van der Waals surface area contributed by atoms with Gasteiger partial charge < -0.3 is 10.0 Å². The Bertz CT molecular complexity index is 429. The number of rotatable bonds is 10. The Morgan fingerprint density at radius 2 is 2.00 bits per heavy atom. The van der Waals surface area contributed by atoms with Crippen LogP contribution >= 0.6 is 11.3 Å². The van der Waals surface area contributed by atoms with Crippen LogP contribution in [0.5, 0.6) is 0 Å². The van der Waals surface area contributed by atoms with Crippen LogP contribution in [0.25, 0.3) is 0 Å². The van der Waals surface area contributed by atoms with E-state index in [0.29, 0.717) is 13.0 Å². The minimum Gasteiger partial charge on any atom is -0.481 e. The summed E-state index contributed by atoms with van der Waals surface area (Å²) in [6.45, 7) is 4.16. The average molecular weight is 311 g/mol. The summed E-state index contributed by atoms with van der Waals surface area (Å²) in [4.78, 5) is 25.8. The number of hydrogen-bond acceptors (Lipinski definition) is 3. The Labute approximate surface area is 130 Å². The highest BCUT2D eigenvalue weighted by molar-refractivity contribution is 7.09. The number of carbonyl (C=O) groups excluding carboxylic acids is 1. The van der Waals surface area contributed by atoms with Crippen molar-refractivity contribution in [3.63, 3.8) is 0 Å². The molecule has 0 unspecified atom stereocenters. The van der Waals surface area contributed by atoms with Crippen LogP contribution in [0.15, 0.2) is 17.5 Å². The van der Waals surface area contributed by atoms with Gasteiger partial charge in [0, 0.05) is 23.9 Å². The second-order valence-electron chi connectivity index (χ2n) is 5.46. The number of aliphatic carboxylic acids is 1. The van der Waals surface area contributed by atoms with Crippen LogP contribution in [0.2, 0.25) is 0 Å². The molecule has 1 amide bonds. The van der Waals surface area contributed by atoms with Crippen LogP contribution in [0.1, 0.15) is 50.8 Å². The number of thiophene rings is 1. The monoisotopic (exact) mass is 311 g/mol. The van der Waals surface area contributed by atoms with E-state index in [9.17, 15) is 9.59 Å². The molecule has 0 bridgehead atoms. The fraction of sp³-hybridized carbons (Fsp3) is 0.625. The zero-order valence-corrected chi connectivity index (χ0v) is 13.7. The van der Waals surface area contributed by atoms with Crippen molar-refractivity contribution in [3.8, 4) is 0 Å². The minimum absolute atomic E-state index is 0.0162. The van der Waals surface area contributed by atoms with Gasteiger partial charge in [-0.25, -0.2) is 0 Å². The lowest BCUT2D eigenvalue weighted by Crippen LogP contribution is -2.38. The number of carboxylic acid groups (broad SMARTS) is 1. The zero-order valence-electron chi connectivity index (χ0n) is 12.9. The molecule has 1 rings (SSSR count). The van der Waals surface area contributed by atoms with Crippen molar-refractivity contribution in [2.75, 3.05) is 6.54 Å². The molecule has 0 aromatic carbocycles. The first kappa shape index (κ1) is 17.7. The standard InChI is InChI=1S/C16H25NO3S/c1-13(2)17(11-10-16(19)20)15(18)9-5-3-4-7-14-8-6-12-21-14/h6,8,12-13H,3-5,7,9-11H2,1-2H3,(H,19,20). The average Bonchev–Trinajstić information content (AvgIpc) is 2.90. The van der Waals surface area contributed by atoms with E-state index < -0.39 is 5.97 Å². The molecule has 4 nitrogen and oxygen atoms in total. The molecule has 1 aromatic rings. The first-order valence-corrected chi connectivity index (χ1v) is 8.42. The molecule has 1 N–H and O–H groups in total. The molecule has 0 saturated carbocycles. The SMILES string of the molecule is CC(C)N(CCC(=O)O)C(=O)CCCCCc1cccs1. The number of carbonyl (C=O) groups is 2. The summed E-state index contributed by atoms with van der Waals surface area (Å²) in [5, 5.41) is 10.8. The molecular weight excluding hydrogens is 286 g/mol. The summed E-state index contributed by atoms with van der Waals surface area (Å²) in [6, 6.07) is 4.26. The Hall–Kier alpha value is -1.36. The third kappa shape index (κ3) is 7.27. The molecule has 1 aromatic heterocycles. The number of hydrogen-bond donors (Lipinski definition) is 1. The normalized spacial score (nSPS) is 10.8. The first-order chi connectivity index (χ1) is 10.0. The van der Waals surface area contributed by atoms with Crippen molar-refractivity contribution in [2.24, 2.45) is 0 Å². The second kappa shape index (κ2) is 9.55. The fourth-order valence-electron chi connectivity index (χ4n) is 2.24. The number of unbranched alkanes of at least 4 members (excludes halogenated alkanes) is 2. The third-order valence-electron chi connectivity index (χ3n) is 3.40. The molecule has 0 aliphatic carbocycles. The zero-order chi connectivity index (χ0) is 15.7. The van der Waals surface area contributed by atoms with E-state index in [0.717, 1.165) is 25.7 Å². The van der Waals surface area contributed by atoms with E-state index >= 15 is 0 Å². The van der Waals surface area contributed by atoms with Gasteiger partial charge in [0.2, 0.25) is 5.91 Å². The Kier molecular flexibility index (Phi) is 8.05. The van der Waals surface area contributed by atoms with E-state index in [2.05, 4.69) is 17.5 Å². The number of carboxylic acids is 1. The lowest BCUT2D eigenvalue weighted by atomic mass is 10.1. The largest absolute Gasteiger partial charge is 0.481 e. The predicted octanol–water partition coefficient (Wildman–Crippen LogP) is 3.56. The van der Waals surface area contributed by atoms with Gasteiger partial charge in [0.25, 0.3) is 0 Å². The Morgan fingerprint density at radius 3 is 2.57 bits per heavy atom. The van der Waals surface area contributed by atoms with Crippen LogP contribution in [0.3, 0.4) is 0 Å². The van der Waals surface area contributed by atoms with Crippen LogP contribution in [0, 0.1) is 0 Å². The van der Waals surface area contributed by atoms with Gasteiger partial charge in [0.05, 0.1) is 6.42 Å². The maximum Gasteiger partial charge on any atom is 0.305 e. The van der Waals surface area contributed by atoms with Gasteiger partial charge in [-0.15, -0.1) is 11.3 Å². The fourth-order valence-corrected chi connectivity index (χ4v) is 2.99. The summed E-state index contributed by atoms with van der Waals surface area (Å²) >= 11 is 1.77. The van der Waals surface area contributed by atoms with Crippen molar-refractivity contribution in [3.05, 3.63) is 22.4 Å². The molecular formula is C16H25NO3S. The third-order valence-corrected chi connectivity index (χ3v) is 4.34. The van der Waals surface area contributed by atoms with Crippen molar-refractivity contribution >= 4 is 23.2 Å². The number of amides is 1. The van der Waals surface area contributed by atoms with Gasteiger partial charge >= 0.3 is 5.97 Å². The van der Waals surface area contributed by atoms with Crippen molar-refractivity contribution in [1.82, 2.24) is 4.90 Å². The molecule has 118 valence electrons. The highest BCUT2D eigenvalue weighted by atomic mass is 32.1. The number of aryl methyl sites for hydroxylation is 1. The van der Waals surface area contributed by atoms with Crippen LogP contribution in [-0.2, 0) is 16.0 Å². The molecule has 0 atom stereocenters. The van der Waals surface area contributed by atoms with Gasteiger partial charge in [0.15, 0.2) is 0 Å².